The topological polar surface area (TPSA) is 60.9 Å². The average Bonchev–Trinajstić information content (AvgIpc) is 2.67. The van der Waals surface area contributed by atoms with Crippen LogP contribution < -0.4 is 5.73 Å². The highest BCUT2D eigenvalue weighted by atomic mass is 16.1. The van der Waals surface area contributed by atoms with Gasteiger partial charge in [0.1, 0.15) is 5.78 Å². The van der Waals surface area contributed by atoms with E-state index in [9.17, 15) is 4.79 Å². The first-order valence-electron chi connectivity index (χ1n) is 5.80. The van der Waals surface area contributed by atoms with Gasteiger partial charge in [0.25, 0.3) is 0 Å². The number of nitrogens with zero attached hydrogens (tertiary/aromatic N) is 2. The van der Waals surface area contributed by atoms with Gasteiger partial charge in [0.15, 0.2) is 0 Å². The summed E-state index contributed by atoms with van der Waals surface area (Å²) in [5.74, 6) is 0.207. The van der Waals surface area contributed by atoms with Crippen LogP contribution in [0.4, 0.5) is 0 Å². The van der Waals surface area contributed by atoms with E-state index >= 15 is 0 Å². The zero-order valence-corrected chi connectivity index (χ0v) is 10.4. The van der Waals surface area contributed by atoms with E-state index in [-0.39, 0.29) is 11.2 Å². The summed E-state index contributed by atoms with van der Waals surface area (Å²) < 4.78 is 1.71. The summed E-state index contributed by atoms with van der Waals surface area (Å²) in [5.41, 5.74) is 6.20. The molecule has 0 aliphatic rings. The van der Waals surface area contributed by atoms with Gasteiger partial charge in [-0.05, 0) is 18.9 Å². The van der Waals surface area contributed by atoms with E-state index in [4.69, 9.17) is 5.73 Å². The highest BCUT2D eigenvalue weighted by Gasteiger charge is 2.33. The summed E-state index contributed by atoms with van der Waals surface area (Å²) in [4.78, 5) is 12.2. The minimum absolute atomic E-state index is 0.207. The molecule has 90 valence electrons. The number of ketones is 1. The molecule has 0 radical (unpaired) electrons. The molecule has 0 unspecified atom stereocenters. The fraction of sp³-hybridized carbons (Fsp3) is 0.667. The standard InChI is InChI=1S/C12H21N3O/c1-4-12(5-2,9-13)11(16)8-10-6-7-15(3)14-10/h6-7H,4-5,8-9,13H2,1-3H3. The van der Waals surface area contributed by atoms with Gasteiger partial charge in [-0.2, -0.15) is 5.10 Å². The minimum Gasteiger partial charge on any atom is -0.329 e. The lowest BCUT2D eigenvalue weighted by atomic mass is 9.77. The van der Waals surface area contributed by atoms with Crippen molar-refractivity contribution in [3.05, 3.63) is 18.0 Å². The Morgan fingerprint density at radius 3 is 2.50 bits per heavy atom. The molecule has 0 bridgehead atoms. The molecule has 4 nitrogen and oxygen atoms in total. The molecule has 4 heteroatoms. The van der Waals surface area contributed by atoms with Crippen molar-refractivity contribution >= 4 is 5.78 Å². The van der Waals surface area contributed by atoms with Crippen LogP contribution in [0, 0.1) is 5.41 Å². The van der Waals surface area contributed by atoms with Gasteiger partial charge in [-0.15, -0.1) is 0 Å². The van der Waals surface area contributed by atoms with Gasteiger partial charge in [0.2, 0.25) is 0 Å². The van der Waals surface area contributed by atoms with E-state index in [1.807, 2.05) is 33.2 Å². The molecule has 0 amide bonds. The summed E-state index contributed by atoms with van der Waals surface area (Å²) in [7, 11) is 1.85. The van der Waals surface area contributed by atoms with Crippen molar-refractivity contribution in [2.24, 2.45) is 18.2 Å². The number of nitrogens with two attached hydrogens (primary N) is 1. The smallest absolute Gasteiger partial charge is 0.146 e. The van der Waals surface area contributed by atoms with Gasteiger partial charge >= 0.3 is 0 Å². The van der Waals surface area contributed by atoms with Crippen molar-refractivity contribution in [1.29, 1.82) is 0 Å². The Hall–Kier alpha value is -1.16. The lowest BCUT2D eigenvalue weighted by Gasteiger charge is -2.28. The number of Topliss-reactive ketones (excluding diaryl/α,β-unsaturated/α-hetero) is 1. The molecule has 1 rings (SSSR count). The van der Waals surface area contributed by atoms with E-state index in [1.54, 1.807) is 4.68 Å². The van der Waals surface area contributed by atoms with Gasteiger partial charge < -0.3 is 5.73 Å². The Bertz CT molecular complexity index is 345. The molecule has 1 aromatic rings. The minimum atomic E-state index is -0.364. The number of hydrogen-bond acceptors (Lipinski definition) is 3. The number of carbonyl (C=O) groups is 1. The molecule has 0 spiro atoms. The van der Waals surface area contributed by atoms with Crippen molar-refractivity contribution in [3.8, 4) is 0 Å². The molecular weight excluding hydrogens is 202 g/mol. The number of aromatic nitrogens is 2. The van der Waals surface area contributed by atoms with Gasteiger partial charge in [0, 0.05) is 25.2 Å². The molecule has 0 atom stereocenters. The van der Waals surface area contributed by atoms with E-state index in [1.165, 1.54) is 0 Å². The highest BCUT2D eigenvalue weighted by molar-refractivity contribution is 5.86. The monoisotopic (exact) mass is 223 g/mol. The third kappa shape index (κ3) is 2.50. The van der Waals surface area contributed by atoms with Crippen molar-refractivity contribution in [3.63, 3.8) is 0 Å². The van der Waals surface area contributed by atoms with Crippen LogP contribution in [0.3, 0.4) is 0 Å². The van der Waals surface area contributed by atoms with E-state index in [0.717, 1.165) is 18.5 Å². The average molecular weight is 223 g/mol. The first-order valence-corrected chi connectivity index (χ1v) is 5.80. The number of aryl methyl sites for hydroxylation is 1. The maximum absolute atomic E-state index is 12.2. The second-order valence-corrected chi connectivity index (χ2v) is 4.27. The number of hydrogen-bond donors (Lipinski definition) is 1. The first-order chi connectivity index (χ1) is 7.57. The van der Waals surface area contributed by atoms with Gasteiger partial charge in [-0.3, -0.25) is 9.48 Å². The van der Waals surface area contributed by atoms with Crippen LogP contribution in [0.5, 0.6) is 0 Å². The van der Waals surface area contributed by atoms with Crippen molar-refractivity contribution < 1.29 is 4.79 Å². The van der Waals surface area contributed by atoms with E-state index < -0.39 is 0 Å². The van der Waals surface area contributed by atoms with E-state index in [2.05, 4.69) is 5.10 Å². The SMILES string of the molecule is CCC(CC)(CN)C(=O)Cc1ccn(C)n1. The molecule has 0 saturated carbocycles. The van der Waals surface area contributed by atoms with Crippen LogP contribution in [0.15, 0.2) is 12.3 Å². The number of rotatable bonds is 6. The Morgan fingerprint density at radius 1 is 1.50 bits per heavy atom. The predicted molar refractivity (Wildman–Crippen MR) is 64.0 cm³/mol. The zero-order valence-electron chi connectivity index (χ0n) is 10.4. The number of carbonyl (C=O) groups excluding carboxylic acids is 1. The quantitative estimate of drug-likeness (QED) is 0.790. The van der Waals surface area contributed by atoms with Crippen LogP contribution in [0.25, 0.3) is 0 Å². The summed E-state index contributed by atoms with van der Waals surface area (Å²) in [6.07, 6.45) is 3.84. The predicted octanol–water partition coefficient (Wildman–Crippen LogP) is 1.30. The van der Waals surface area contributed by atoms with Crippen molar-refractivity contribution in [2.45, 2.75) is 33.1 Å². The van der Waals surface area contributed by atoms with Crippen LogP contribution in [0.1, 0.15) is 32.4 Å². The third-order valence-electron chi connectivity index (χ3n) is 3.45. The highest BCUT2D eigenvalue weighted by Crippen LogP contribution is 2.27. The van der Waals surface area contributed by atoms with Crippen LogP contribution in [-0.2, 0) is 18.3 Å². The maximum atomic E-state index is 12.2. The van der Waals surface area contributed by atoms with Crippen molar-refractivity contribution in [1.82, 2.24) is 9.78 Å². The summed E-state index contributed by atoms with van der Waals surface area (Å²) in [6, 6.07) is 1.88. The van der Waals surface area contributed by atoms with Crippen molar-refractivity contribution in [2.75, 3.05) is 6.54 Å². The maximum Gasteiger partial charge on any atom is 0.146 e. The molecule has 0 aliphatic carbocycles. The summed E-state index contributed by atoms with van der Waals surface area (Å²) in [5, 5.41) is 4.22. The van der Waals surface area contributed by atoms with Gasteiger partial charge in [0.05, 0.1) is 12.1 Å². The largest absolute Gasteiger partial charge is 0.329 e. The fourth-order valence-corrected chi connectivity index (χ4v) is 1.96. The second-order valence-electron chi connectivity index (χ2n) is 4.27. The van der Waals surface area contributed by atoms with Gasteiger partial charge in [-0.25, -0.2) is 0 Å². The molecular formula is C12H21N3O. The molecule has 16 heavy (non-hydrogen) atoms. The molecule has 0 saturated heterocycles. The Balaban J connectivity index is 2.77. The zero-order chi connectivity index (χ0) is 12.2. The van der Waals surface area contributed by atoms with Crippen LogP contribution in [0.2, 0.25) is 0 Å². The summed E-state index contributed by atoms with van der Waals surface area (Å²) >= 11 is 0. The lowest BCUT2D eigenvalue weighted by Crippen LogP contribution is -2.38. The summed E-state index contributed by atoms with van der Waals surface area (Å²) in [6.45, 7) is 4.46. The molecule has 1 heterocycles. The molecule has 1 aromatic heterocycles. The lowest BCUT2D eigenvalue weighted by molar-refractivity contribution is -0.128. The van der Waals surface area contributed by atoms with Crippen LogP contribution >= 0.6 is 0 Å². The van der Waals surface area contributed by atoms with Gasteiger partial charge in [-0.1, -0.05) is 13.8 Å². The molecule has 0 aromatic carbocycles. The first kappa shape index (κ1) is 12.9. The molecule has 0 aliphatic heterocycles. The Kier molecular flexibility index (Phi) is 4.24. The Morgan fingerprint density at radius 2 is 2.12 bits per heavy atom. The third-order valence-corrected chi connectivity index (χ3v) is 3.45. The normalized spacial score (nSPS) is 11.8. The van der Waals surface area contributed by atoms with Crippen LogP contribution in [-0.4, -0.2) is 22.1 Å². The molecule has 0 fully saturated rings. The molecule has 2 N–H and O–H groups in total. The fourth-order valence-electron chi connectivity index (χ4n) is 1.96. The Labute approximate surface area is 96.8 Å². The van der Waals surface area contributed by atoms with E-state index in [0.29, 0.717) is 13.0 Å². The second kappa shape index (κ2) is 5.25.